The Kier molecular flexibility index (Phi) is 4.48. The molecule has 0 atom stereocenters. The number of sulfonamides is 1. The van der Waals surface area contributed by atoms with Crippen LogP contribution in [0.25, 0.3) is 0 Å². The second kappa shape index (κ2) is 5.54. The lowest BCUT2D eigenvalue weighted by Gasteiger charge is -2.22. The van der Waals surface area contributed by atoms with Gasteiger partial charge in [-0.15, -0.1) is 0 Å². The molecular formula is C11H17N3O4S. The largest absolute Gasteiger partial charge is 0.387 e. The van der Waals surface area contributed by atoms with Gasteiger partial charge in [0, 0.05) is 32.3 Å². The Labute approximate surface area is 112 Å². The van der Waals surface area contributed by atoms with E-state index in [1.54, 1.807) is 13.8 Å². The Balaban J connectivity index is 3.39. The summed E-state index contributed by atoms with van der Waals surface area (Å²) in [5.74, 6) is 0. The van der Waals surface area contributed by atoms with Crippen LogP contribution in [0.1, 0.15) is 13.8 Å². The van der Waals surface area contributed by atoms with Crippen LogP contribution in [0.2, 0.25) is 0 Å². The fourth-order valence-electron chi connectivity index (χ4n) is 1.48. The molecule has 0 aromatic heterocycles. The smallest absolute Gasteiger partial charge is 0.271 e. The predicted molar refractivity (Wildman–Crippen MR) is 72.7 cm³/mol. The summed E-state index contributed by atoms with van der Waals surface area (Å²) >= 11 is 0. The Morgan fingerprint density at radius 3 is 2.37 bits per heavy atom. The van der Waals surface area contributed by atoms with Crippen LogP contribution in [0.15, 0.2) is 23.1 Å². The molecule has 1 aromatic rings. The van der Waals surface area contributed by atoms with Crippen LogP contribution in [0, 0.1) is 10.1 Å². The van der Waals surface area contributed by atoms with Crippen LogP contribution in [0.4, 0.5) is 11.4 Å². The fraction of sp³-hybridized carbons (Fsp3) is 0.455. The predicted octanol–water partition coefficient (Wildman–Crippen LogP) is 1.67. The summed E-state index contributed by atoms with van der Waals surface area (Å²) in [7, 11) is -0.681. The monoisotopic (exact) mass is 287 g/mol. The molecule has 0 unspecified atom stereocenters. The number of anilines is 1. The van der Waals surface area contributed by atoms with Gasteiger partial charge in [-0.3, -0.25) is 10.1 Å². The first-order valence-corrected chi connectivity index (χ1v) is 7.10. The van der Waals surface area contributed by atoms with E-state index in [4.69, 9.17) is 0 Å². The van der Waals surface area contributed by atoms with Crippen LogP contribution < -0.4 is 5.32 Å². The molecule has 0 aliphatic carbocycles. The highest BCUT2D eigenvalue weighted by Crippen LogP contribution is 2.28. The zero-order valence-electron chi connectivity index (χ0n) is 11.2. The molecule has 0 bridgehead atoms. The van der Waals surface area contributed by atoms with Crippen molar-refractivity contribution in [3.05, 3.63) is 28.3 Å². The molecule has 0 aliphatic rings. The second-order valence-corrected chi connectivity index (χ2v) is 6.27. The molecule has 1 rings (SSSR count). The van der Waals surface area contributed by atoms with Crippen molar-refractivity contribution in [3.8, 4) is 0 Å². The van der Waals surface area contributed by atoms with Crippen molar-refractivity contribution in [2.75, 3.05) is 19.4 Å². The number of nitrogens with zero attached hydrogens (tertiary/aromatic N) is 2. The van der Waals surface area contributed by atoms with Gasteiger partial charge < -0.3 is 5.32 Å². The summed E-state index contributed by atoms with van der Waals surface area (Å²) in [6.45, 7) is 3.50. The Morgan fingerprint density at radius 2 is 1.95 bits per heavy atom. The number of hydrogen-bond acceptors (Lipinski definition) is 5. The molecule has 19 heavy (non-hydrogen) atoms. The van der Waals surface area contributed by atoms with E-state index < -0.39 is 14.9 Å². The lowest BCUT2D eigenvalue weighted by atomic mass is 10.3. The lowest BCUT2D eigenvalue weighted by Crippen LogP contribution is -2.33. The second-order valence-electron chi connectivity index (χ2n) is 4.30. The molecule has 0 saturated carbocycles. The molecule has 0 radical (unpaired) electrons. The first-order chi connectivity index (χ1) is 8.71. The van der Waals surface area contributed by atoms with Crippen LogP contribution in [-0.2, 0) is 10.0 Å². The maximum absolute atomic E-state index is 12.4. The van der Waals surface area contributed by atoms with Crippen molar-refractivity contribution in [1.82, 2.24) is 4.31 Å². The minimum atomic E-state index is -3.68. The SMILES string of the molecule is CNc1cc([N+](=O)[O-])ccc1S(=O)(=O)N(C)C(C)C. The van der Waals surface area contributed by atoms with Gasteiger partial charge in [-0.2, -0.15) is 4.31 Å². The maximum atomic E-state index is 12.4. The number of rotatable bonds is 5. The first-order valence-electron chi connectivity index (χ1n) is 5.66. The average molecular weight is 287 g/mol. The molecule has 0 spiro atoms. The fourth-order valence-corrected chi connectivity index (χ4v) is 3.03. The van der Waals surface area contributed by atoms with E-state index >= 15 is 0 Å². The number of nitro groups is 1. The van der Waals surface area contributed by atoms with Gasteiger partial charge >= 0.3 is 0 Å². The highest BCUT2D eigenvalue weighted by molar-refractivity contribution is 7.89. The number of nitrogens with one attached hydrogen (secondary N) is 1. The van der Waals surface area contributed by atoms with E-state index in [2.05, 4.69) is 5.32 Å². The minimum Gasteiger partial charge on any atom is -0.387 e. The normalized spacial score (nSPS) is 11.9. The zero-order chi connectivity index (χ0) is 14.8. The summed E-state index contributed by atoms with van der Waals surface area (Å²) in [5, 5.41) is 13.4. The molecule has 0 amide bonds. The Bertz CT molecular complexity index is 584. The van der Waals surface area contributed by atoms with Gasteiger partial charge in [0.2, 0.25) is 10.0 Å². The quantitative estimate of drug-likeness (QED) is 0.656. The minimum absolute atomic E-state index is 0.0248. The maximum Gasteiger partial charge on any atom is 0.271 e. The molecule has 0 aliphatic heterocycles. The third-order valence-electron chi connectivity index (χ3n) is 2.83. The Hall–Kier alpha value is -1.67. The van der Waals surface area contributed by atoms with Gasteiger partial charge in [-0.05, 0) is 19.9 Å². The highest BCUT2D eigenvalue weighted by atomic mass is 32.2. The molecule has 0 saturated heterocycles. The lowest BCUT2D eigenvalue weighted by molar-refractivity contribution is -0.384. The molecule has 0 fully saturated rings. The first kappa shape index (κ1) is 15.4. The molecular weight excluding hydrogens is 270 g/mol. The molecule has 7 nitrogen and oxygen atoms in total. The summed E-state index contributed by atoms with van der Waals surface area (Å²) in [4.78, 5) is 10.1. The molecule has 1 aromatic carbocycles. The van der Waals surface area contributed by atoms with E-state index in [-0.39, 0.29) is 22.3 Å². The van der Waals surface area contributed by atoms with Crippen molar-refractivity contribution < 1.29 is 13.3 Å². The average Bonchev–Trinajstić information content (AvgIpc) is 2.36. The van der Waals surface area contributed by atoms with Crippen molar-refractivity contribution in [1.29, 1.82) is 0 Å². The van der Waals surface area contributed by atoms with Crippen molar-refractivity contribution in [3.63, 3.8) is 0 Å². The Morgan fingerprint density at radius 1 is 1.37 bits per heavy atom. The third-order valence-corrected chi connectivity index (χ3v) is 4.92. The van der Waals surface area contributed by atoms with Gasteiger partial charge in [0.15, 0.2) is 0 Å². The van der Waals surface area contributed by atoms with Gasteiger partial charge in [0.05, 0.1) is 10.6 Å². The standard InChI is InChI=1S/C11H17N3O4S/c1-8(2)13(4)19(17,18)11-6-5-9(14(15)16)7-10(11)12-3/h5-8,12H,1-4H3. The van der Waals surface area contributed by atoms with E-state index in [1.165, 1.54) is 36.6 Å². The van der Waals surface area contributed by atoms with Gasteiger partial charge in [0.1, 0.15) is 4.90 Å². The van der Waals surface area contributed by atoms with E-state index in [0.29, 0.717) is 0 Å². The third kappa shape index (κ3) is 3.02. The molecule has 8 heteroatoms. The van der Waals surface area contributed by atoms with E-state index in [9.17, 15) is 18.5 Å². The zero-order valence-corrected chi connectivity index (χ0v) is 12.1. The van der Waals surface area contributed by atoms with E-state index in [1.807, 2.05) is 0 Å². The highest BCUT2D eigenvalue weighted by Gasteiger charge is 2.26. The van der Waals surface area contributed by atoms with Crippen LogP contribution >= 0.6 is 0 Å². The summed E-state index contributed by atoms with van der Waals surface area (Å²) in [5.41, 5.74) is 0.0530. The van der Waals surface area contributed by atoms with Crippen LogP contribution in [0.5, 0.6) is 0 Å². The van der Waals surface area contributed by atoms with Crippen LogP contribution in [-0.4, -0.2) is 37.8 Å². The van der Waals surface area contributed by atoms with Gasteiger partial charge in [0.25, 0.3) is 5.69 Å². The summed E-state index contributed by atoms with van der Waals surface area (Å²) < 4.78 is 25.9. The van der Waals surface area contributed by atoms with Crippen molar-refractivity contribution in [2.24, 2.45) is 0 Å². The number of non-ortho nitro benzene ring substituents is 1. The number of benzene rings is 1. The number of hydrogen-bond donors (Lipinski definition) is 1. The van der Waals surface area contributed by atoms with Crippen molar-refractivity contribution >= 4 is 21.4 Å². The van der Waals surface area contributed by atoms with E-state index in [0.717, 1.165) is 0 Å². The topological polar surface area (TPSA) is 92.5 Å². The van der Waals surface area contributed by atoms with Crippen molar-refractivity contribution in [2.45, 2.75) is 24.8 Å². The van der Waals surface area contributed by atoms with Gasteiger partial charge in [-0.25, -0.2) is 8.42 Å². The summed E-state index contributed by atoms with van der Waals surface area (Å²) in [6, 6.07) is 3.44. The molecule has 0 heterocycles. The summed E-state index contributed by atoms with van der Waals surface area (Å²) in [6.07, 6.45) is 0. The van der Waals surface area contributed by atoms with Gasteiger partial charge in [-0.1, -0.05) is 0 Å². The molecule has 106 valence electrons. The van der Waals surface area contributed by atoms with Crippen LogP contribution in [0.3, 0.4) is 0 Å². The molecule has 1 N–H and O–H groups in total. The number of nitro benzene ring substituents is 1.